The number of aromatic amines is 1. The van der Waals surface area contributed by atoms with Gasteiger partial charge in [0.05, 0.1) is 35.1 Å². The van der Waals surface area contributed by atoms with E-state index >= 15 is 0 Å². The number of aromatic nitrogens is 2. The molecule has 3 aliphatic rings. The molecule has 0 fully saturated rings. The maximum Gasteiger partial charge on any atom is 0.325 e. The SMILES string of the molecule is CCOC(=O)Cn1cc2cc1C(c1ccccc1)=C1C=CC(=N1)C(c1ccccc1)=c1ccc([nH]1)=C(c1ccccc1)C1=NC(=C2c2ccccc2)C=C1. The van der Waals surface area contributed by atoms with E-state index in [1.54, 1.807) is 0 Å². The number of benzene rings is 4. The molecule has 3 aliphatic heterocycles. The predicted octanol–water partition coefficient (Wildman–Crippen LogP) is 8.03. The molecular weight excluding hydrogens is 665 g/mol. The van der Waals surface area contributed by atoms with Crippen molar-refractivity contribution in [3.05, 3.63) is 226 Å². The highest BCUT2D eigenvalue weighted by atomic mass is 16.5. The molecule has 0 unspecified atom stereocenters. The second-order valence-corrected chi connectivity index (χ2v) is 13.2. The number of carbonyl (C=O) groups excluding carboxylic acids is 1. The standard InChI is InChI=1S/C48H36N4O2/c1-2-54-44(53)31-52-30-36-29-43(52)48(35-21-13-6-14-22-35)42-28-27-41(51-42)47(34-19-11-5-12-20-34)40-26-25-39(50-40)46(33-17-9-4-10-18-33)38-24-23-37(49-38)45(36)32-15-7-3-8-16-32/h3-30,50H,2,31H2,1H3. The number of hydrogen-bond acceptors (Lipinski definition) is 4. The lowest BCUT2D eigenvalue weighted by atomic mass is 9.96. The third-order valence-electron chi connectivity index (χ3n) is 9.83. The molecule has 1 N–H and O–H groups in total. The van der Waals surface area contributed by atoms with E-state index in [4.69, 9.17) is 14.7 Å². The molecule has 0 aliphatic carbocycles. The monoisotopic (exact) mass is 700 g/mol. The number of nitrogens with zero attached hydrogens (tertiary/aromatic N) is 3. The number of fused-ring (bicyclic) bond motifs is 6. The summed E-state index contributed by atoms with van der Waals surface area (Å²) >= 11 is 0. The summed E-state index contributed by atoms with van der Waals surface area (Å²) in [6, 6.07) is 47.8. The Morgan fingerprint density at radius 2 is 1.00 bits per heavy atom. The summed E-state index contributed by atoms with van der Waals surface area (Å²) in [6.45, 7) is 2.16. The van der Waals surface area contributed by atoms with E-state index in [-0.39, 0.29) is 12.5 Å². The number of aliphatic imine (C=N–C) groups is 2. The third-order valence-corrected chi connectivity index (χ3v) is 9.83. The number of hydrogen-bond donors (Lipinski definition) is 1. The molecule has 6 nitrogen and oxygen atoms in total. The summed E-state index contributed by atoms with van der Waals surface area (Å²) in [5.74, 6) is -0.311. The van der Waals surface area contributed by atoms with Gasteiger partial charge in [0.2, 0.25) is 0 Å². The molecule has 54 heavy (non-hydrogen) atoms. The second kappa shape index (κ2) is 14.2. The van der Waals surface area contributed by atoms with Crippen LogP contribution >= 0.6 is 0 Å². The highest BCUT2D eigenvalue weighted by molar-refractivity contribution is 6.31. The zero-order valence-corrected chi connectivity index (χ0v) is 29.7. The van der Waals surface area contributed by atoms with Crippen molar-refractivity contribution >= 4 is 39.7 Å². The van der Waals surface area contributed by atoms with Crippen molar-refractivity contribution in [2.75, 3.05) is 6.61 Å². The Labute approximate surface area is 313 Å². The molecule has 0 saturated carbocycles. The van der Waals surface area contributed by atoms with Gasteiger partial charge >= 0.3 is 5.97 Å². The maximum atomic E-state index is 13.3. The molecule has 0 amide bonds. The minimum atomic E-state index is -0.311. The highest BCUT2D eigenvalue weighted by Crippen LogP contribution is 2.38. The Kier molecular flexibility index (Phi) is 8.61. The Balaban J connectivity index is 1.43. The topological polar surface area (TPSA) is 71.7 Å². The van der Waals surface area contributed by atoms with Gasteiger partial charge < -0.3 is 14.3 Å². The van der Waals surface area contributed by atoms with Crippen LogP contribution < -0.4 is 10.7 Å². The van der Waals surface area contributed by atoms with Gasteiger partial charge in [-0.3, -0.25) is 4.79 Å². The largest absolute Gasteiger partial charge is 0.465 e. The zero-order valence-electron chi connectivity index (χ0n) is 29.7. The lowest BCUT2D eigenvalue weighted by Gasteiger charge is -2.14. The van der Waals surface area contributed by atoms with Gasteiger partial charge in [-0.1, -0.05) is 121 Å². The van der Waals surface area contributed by atoms with Crippen LogP contribution in [0.2, 0.25) is 0 Å². The second-order valence-electron chi connectivity index (χ2n) is 13.2. The molecule has 9 rings (SSSR count). The fourth-order valence-corrected chi connectivity index (χ4v) is 7.49. The van der Waals surface area contributed by atoms with Gasteiger partial charge in [0.25, 0.3) is 0 Å². The maximum absolute atomic E-state index is 13.3. The van der Waals surface area contributed by atoms with Crippen molar-refractivity contribution in [3.8, 4) is 0 Å². The minimum Gasteiger partial charge on any atom is -0.465 e. The Morgan fingerprint density at radius 1 is 0.556 bits per heavy atom. The van der Waals surface area contributed by atoms with Crippen LogP contribution in [-0.4, -0.2) is 33.6 Å². The molecular formula is C48H36N4O2. The zero-order chi connectivity index (χ0) is 36.4. The third kappa shape index (κ3) is 6.14. The number of esters is 1. The lowest BCUT2D eigenvalue weighted by molar-refractivity contribution is -0.143. The first-order chi connectivity index (χ1) is 26.6. The molecule has 4 aromatic carbocycles. The van der Waals surface area contributed by atoms with Crippen LogP contribution in [0.1, 0.15) is 40.4 Å². The van der Waals surface area contributed by atoms with E-state index in [9.17, 15) is 4.79 Å². The van der Waals surface area contributed by atoms with Crippen molar-refractivity contribution in [1.29, 1.82) is 0 Å². The molecule has 0 spiro atoms. The smallest absolute Gasteiger partial charge is 0.325 e. The Hall–Kier alpha value is -7.05. The van der Waals surface area contributed by atoms with Crippen molar-refractivity contribution in [3.63, 3.8) is 0 Å². The van der Waals surface area contributed by atoms with E-state index in [1.807, 2.05) is 66.2 Å². The summed E-state index contributed by atoms with van der Waals surface area (Å²) < 4.78 is 7.50. The van der Waals surface area contributed by atoms with Gasteiger partial charge in [-0.25, -0.2) is 9.98 Å². The molecule has 6 aromatic rings. The summed E-state index contributed by atoms with van der Waals surface area (Å²) in [6.07, 6.45) is 10.4. The van der Waals surface area contributed by atoms with Crippen LogP contribution in [0.15, 0.2) is 191 Å². The lowest BCUT2D eigenvalue weighted by Crippen LogP contribution is -2.21. The average molecular weight is 701 g/mol. The number of ether oxygens (including phenoxy) is 1. The van der Waals surface area contributed by atoms with E-state index in [2.05, 4.69) is 120 Å². The van der Waals surface area contributed by atoms with Gasteiger partial charge in [-0.05, 0) is 71.7 Å². The van der Waals surface area contributed by atoms with Crippen LogP contribution in [0.4, 0.5) is 0 Å². The van der Waals surface area contributed by atoms with E-state index in [0.29, 0.717) is 6.61 Å². The molecule has 0 saturated heterocycles. The van der Waals surface area contributed by atoms with Gasteiger partial charge in [-0.2, -0.15) is 0 Å². The van der Waals surface area contributed by atoms with Gasteiger partial charge in [-0.15, -0.1) is 0 Å². The average Bonchev–Trinajstić information content (AvgIpc) is 4.04. The van der Waals surface area contributed by atoms with Crippen LogP contribution in [-0.2, 0) is 16.1 Å². The van der Waals surface area contributed by atoms with Gasteiger partial charge in [0.1, 0.15) is 6.54 Å². The molecule has 260 valence electrons. The first kappa shape index (κ1) is 32.8. The van der Waals surface area contributed by atoms with Crippen molar-refractivity contribution < 1.29 is 9.53 Å². The summed E-state index contributed by atoms with van der Waals surface area (Å²) in [7, 11) is 0. The van der Waals surface area contributed by atoms with Crippen LogP contribution in [0, 0.1) is 0 Å². The molecule has 0 radical (unpaired) electrons. The minimum absolute atomic E-state index is 0.0348. The fourth-order valence-electron chi connectivity index (χ4n) is 7.49. The molecule has 0 atom stereocenters. The summed E-state index contributed by atoms with van der Waals surface area (Å²) in [4.78, 5) is 27.8. The predicted molar refractivity (Wildman–Crippen MR) is 217 cm³/mol. The van der Waals surface area contributed by atoms with Crippen LogP contribution in [0.3, 0.4) is 0 Å². The Bertz CT molecular complexity index is 2720. The summed E-state index contributed by atoms with van der Waals surface area (Å²) in [5.41, 5.74) is 13.0. The first-order valence-electron chi connectivity index (χ1n) is 18.2. The van der Waals surface area contributed by atoms with Crippen LogP contribution in [0.25, 0.3) is 22.3 Å². The molecule has 6 heteroatoms. The fraction of sp³-hybridized carbons (Fsp3) is 0.0625. The number of carbonyl (C=O) groups is 1. The van der Waals surface area contributed by atoms with E-state index < -0.39 is 0 Å². The number of H-pyrrole nitrogens is 1. The molecule has 5 heterocycles. The summed E-state index contributed by atoms with van der Waals surface area (Å²) in [5, 5.41) is 1.90. The quantitative estimate of drug-likeness (QED) is 0.171. The van der Waals surface area contributed by atoms with Gasteiger partial charge in [0, 0.05) is 44.8 Å². The van der Waals surface area contributed by atoms with E-state index in [1.165, 1.54) is 0 Å². The van der Waals surface area contributed by atoms with Crippen LogP contribution in [0.5, 0.6) is 0 Å². The number of allylic oxidation sites excluding steroid dienone is 4. The van der Waals surface area contributed by atoms with Crippen molar-refractivity contribution in [2.45, 2.75) is 13.5 Å². The first-order valence-corrected chi connectivity index (χ1v) is 18.2. The van der Waals surface area contributed by atoms with Crippen molar-refractivity contribution in [1.82, 2.24) is 9.55 Å². The number of nitrogens with one attached hydrogen (secondary N) is 1. The molecule has 2 aromatic heterocycles. The number of rotatable bonds is 7. The normalized spacial score (nSPS) is 14.8. The van der Waals surface area contributed by atoms with Gasteiger partial charge in [0.15, 0.2) is 0 Å². The highest BCUT2D eigenvalue weighted by Gasteiger charge is 2.25. The molecule has 8 bridgehead atoms. The Morgan fingerprint density at radius 3 is 1.48 bits per heavy atom. The van der Waals surface area contributed by atoms with E-state index in [0.717, 1.165) is 89.3 Å². The van der Waals surface area contributed by atoms with Crippen molar-refractivity contribution in [2.24, 2.45) is 9.98 Å².